The molecule has 1 N–H and O–H groups in total. The Kier molecular flexibility index (Phi) is 4.14. The van der Waals surface area contributed by atoms with Gasteiger partial charge in [-0.3, -0.25) is 10.1 Å². The second kappa shape index (κ2) is 6.27. The highest BCUT2D eigenvalue weighted by atomic mass is 35.5. The smallest absolute Gasteiger partial charge is 0.376 e. The van der Waals surface area contributed by atoms with Crippen molar-refractivity contribution in [3.63, 3.8) is 0 Å². The molecular weight excluding hydrogens is 381 g/mol. The number of para-hydroxylation sites is 1. The Labute approximate surface area is 157 Å². The van der Waals surface area contributed by atoms with Gasteiger partial charge in [-0.2, -0.15) is 13.2 Å². The van der Waals surface area contributed by atoms with Crippen LogP contribution in [0.2, 0.25) is 5.02 Å². The first-order chi connectivity index (χ1) is 12.8. The molecular formula is C19H14ClF3N2O2. The van der Waals surface area contributed by atoms with Crippen LogP contribution in [0.4, 0.5) is 24.5 Å². The number of hydrogen-bond donors (Lipinski definition) is 1. The number of hydrogen-bond acceptors (Lipinski definition) is 3. The van der Waals surface area contributed by atoms with Gasteiger partial charge in [0.2, 0.25) is 0 Å². The van der Waals surface area contributed by atoms with Gasteiger partial charge < -0.3 is 5.32 Å². The lowest BCUT2D eigenvalue weighted by Crippen LogP contribution is -2.31. The van der Waals surface area contributed by atoms with E-state index in [1.165, 1.54) is 12.1 Å². The van der Waals surface area contributed by atoms with Crippen LogP contribution in [0.5, 0.6) is 0 Å². The summed E-state index contributed by atoms with van der Waals surface area (Å²) in [5.41, 5.74) is -0.0319. The molecule has 0 aromatic heterocycles. The minimum Gasteiger partial charge on any atom is -0.376 e. The molecule has 0 spiro atoms. The first kappa shape index (κ1) is 17.9. The van der Waals surface area contributed by atoms with Crippen molar-refractivity contribution in [1.82, 2.24) is 0 Å². The third-order valence-electron chi connectivity index (χ3n) is 5.24. The van der Waals surface area contributed by atoms with Crippen LogP contribution < -0.4 is 5.32 Å². The Balaban J connectivity index is 1.91. The van der Waals surface area contributed by atoms with Crippen molar-refractivity contribution in [1.29, 1.82) is 0 Å². The van der Waals surface area contributed by atoms with Crippen molar-refractivity contribution in [2.75, 3.05) is 5.32 Å². The first-order valence-corrected chi connectivity index (χ1v) is 8.73. The normalized spacial score (nSPS) is 23.5. The molecule has 0 unspecified atom stereocenters. The van der Waals surface area contributed by atoms with E-state index >= 15 is 0 Å². The minimum atomic E-state index is -4.51. The average molecular weight is 395 g/mol. The Morgan fingerprint density at radius 1 is 1.19 bits per heavy atom. The third kappa shape index (κ3) is 2.86. The van der Waals surface area contributed by atoms with Gasteiger partial charge in [-0.15, -0.1) is 0 Å². The van der Waals surface area contributed by atoms with Crippen molar-refractivity contribution in [2.45, 2.75) is 24.6 Å². The maximum Gasteiger partial charge on any atom is 0.416 e. The zero-order chi connectivity index (χ0) is 19.3. The molecule has 8 heteroatoms. The minimum absolute atomic E-state index is 0.0628. The molecule has 4 rings (SSSR count). The second-order valence-electron chi connectivity index (χ2n) is 6.67. The van der Waals surface area contributed by atoms with Crippen LogP contribution in [0.1, 0.15) is 35.1 Å². The summed E-state index contributed by atoms with van der Waals surface area (Å²) in [4.78, 5) is 11.0. The maximum atomic E-state index is 13.6. The number of alkyl halides is 3. The van der Waals surface area contributed by atoms with E-state index in [-0.39, 0.29) is 27.9 Å². The summed E-state index contributed by atoms with van der Waals surface area (Å²) in [5, 5.41) is 14.7. The fourth-order valence-corrected chi connectivity index (χ4v) is 4.37. The van der Waals surface area contributed by atoms with Crippen molar-refractivity contribution < 1.29 is 18.1 Å². The summed E-state index contributed by atoms with van der Waals surface area (Å²) in [6.45, 7) is 0. The standard InChI is InChI=1S/C19H14ClF3N2O2/c20-14-9-8-13(19(21,22)23)16-10-5-3-6-11(10)17(24-18(14)16)12-4-1-2-7-15(12)25(26)27/h1-5,7-11,17,24H,6H2/t10-,11-,17+/m0/s1. The molecule has 2 aromatic carbocycles. The van der Waals surface area contributed by atoms with Gasteiger partial charge in [0.05, 0.1) is 32.8 Å². The Morgan fingerprint density at radius 3 is 2.63 bits per heavy atom. The average Bonchev–Trinajstić information content (AvgIpc) is 3.10. The van der Waals surface area contributed by atoms with Gasteiger partial charge in [-0.1, -0.05) is 42.0 Å². The Bertz CT molecular complexity index is 958. The van der Waals surface area contributed by atoms with E-state index in [1.54, 1.807) is 24.3 Å². The number of nitrogens with zero attached hydrogens (tertiary/aromatic N) is 1. The van der Waals surface area contributed by atoms with Crippen molar-refractivity contribution in [3.8, 4) is 0 Å². The van der Waals surface area contributed by atoms with Gasteiger partial charge in [0.15, 0.2) is 0 Å². The molecule has 27 heavy (non-hydrogen) atoms. The largest absolute Gasteiger partial charge is 0.416 e. The maximum absolute atomic E-state index is 13.6. The van der Waals surface area contributed by atoms with Crippen molar-refractivity contribution >= 4 is 23.0 Å². The van der Waals surface area contributed by atoms with E-state index < -0.39 is 28.6 Å². The number of halogens is 4. The number of fused-ring (bicyclic) bond motifs is 3. The van der Waals surface area contributed by atoms with Gasteiger partial charge in [0, 0.05) is 12.0 Å². The molecule has 0 fully saturated rings. The molecule has 3 atom stereocenters. The van der Waals surface area contributed by atoms with Gasteiger partial charge in [-0.25, -0.2) is 0 Å². The van der Waals surface area contributed by atoms with E-state index in [9.17, 15) is 23.3 Å². The summed E-state index contributed by atoms with van der Waals surface area (Å²) < 4.78 is 40.7. The molecule has 140 valence electrons. The fourth-order valence-electron chi connectivity index (χ4n) is 4.15. The molecule has 4 nitrogen and oxygen atoms in total. The highest BCUT2D eigenvalue weighted by Gasteiger charge is 2.45. The monoisotopic (exact) mass is 394 g/mol. The van der Waals surface area contributed by atoms with Gasteiger partial charge in [0.1, 0.15) is 0 Å². The molecule has 2 aliphatic rings. The molecule has 1 heterocycles. The fraction of sp³-hybridized carbons (Fsp3) is 0.263. The lowest BCUT2D eigenvalue weighted by atomic mass is 9.75. The van der Waals surface area contributed by atoms with Gasteiger partial charge in [-0.05, 0) is 30.0 Å². The SMILES string of the molecule is O=[N+]([O-])c1ccccc1[C@@H]1Nc2c(Cl)ccc(C(F)(F)F)c2[C@H]2C=CC[C@@H]21. The molecule has 2 aromatic rings. The van der Waals surface area contributed by atoms with E-state index in [0.717, 1.165) is 6.07 Å². The van der Waals surface area contributed by atoms with Crippen molar-refractivity contribution in [3.05, 3.63) is 80.4 Å². The van der Waals surface area contributed by atoms with Crippen LogP contribution in [0, 0.1) is 16.0 Å². The number of benzene rings is 2. The molecule has 0 amide bonds. The quantitative estimate of drug-likeness (QED) is 0.380. The summed E-state index contributed by atoms with van der Waals surface area (Å²) in [7, 11) is 0. The molecule has 1 aliphatic heterocycles. The number of anilines is 1. The summed E-state index contributed by atoms with van der Waals surface area (Å²) in [6, 6.07) is 7.99. The molecule has 0 saturated carbocycles. The zero-order valence-corrected chi connectivity index (χ0v) is 14.6. The predicted octanol–water partition coefficient (Wildman–Crippen LogP) is 6.09. The Morgan fingerprint density at radius 2 is 1.93 bits per heavy atom. The molecule has 0 radical (unpaired) electrons. The Hall–Kier alpha value is -2.54. The number of rotatable bonds is 2. The van der Waals surface area contributed by atoms with Crippen LogP contribution in [0.15, 0.2) is 48.6 Å². The van der Waals surface area contributed by atoms with Crippen LogP contribution in [0.3, 0.4) is 0 Å². The van der Waals surface area contributed by atoms with Crippen LogP contribution in [-0.2, 0) is 6.18 Å². The number of allylic oxidation sites excluding steroid dienone is 2. The zero-order valence-electron chi connectivity index (χ0n) is 13.8. The lowest BCUT2D eigenvalue weighted by molar-refractivity contribution is -0.385. The topological polar surface area (TPSA) is 55.2 Å². The second-order valence-corrected chi connectivity index (χ2v) is 7.08. The van der Waals surface area contributed by atoms with Gasteiger partial charge in [0.25, 0.3) is 5.69 Å². The predicted molar refractivity (Wildman–Crippen MR) is 95.9 cm³/mol. The summed E-state index contributed by atoms with van der Waals surface area (Å²) in [5.74, 6) is -0.778. The van der Waals surface area contributed by atoms with Crippen LogP contribution in [0.25, 0.3) is 0 Å². The lowest BCUT2D eigenvalue weighted by Gasteiger charge is -2.39. The van der Waals surface area contributed by atoms with E-state index in [1.807, 2.05) is 6.08 Å². The number of nitrogens with one attached hydrogen (secondary N) is 1. The van der Waals surface area contributed by atoms with Gasteiger partial charge >= 0.3 is 6.18 Å². The molecule has 0 bridgehead atoms. The highest BCUT2D eigenvalue weighted by molar-refractivity contribution is 6.33. The van der Waals surface area contributed by atoms with E-state index in [2.05, 4.69) is 5.32 Å². The molecule has 0 saturated heterocycles. The third-order valence-corrected chi connectivity index (χ3v) is 5.56. The highest BCUT2D eigenvalue weighted by Crippen LogP contribution is 2.55. The van der Waals surface area contributed by atoms with E-state index in [4.69, 9.17) is 11.6 Å². The summed E-state index contributed by atoms with van der Waals surface area (Å²) in [6.07, 6.45) is -0.410. The van der Waals surface area contributed by atoms with Crippen LogP contribution in [-0.4, -0.2) is 4.92 Å². The first-order valence-electron chi connectivity index (χ1n) is 8.35. The summed E-state index contributed by atoms with van der Waals surface area (Å²) >= 11 is 6.22. The molecule has 1 aliphatic carbocycles. The van der Waals surface area contributed by atoms with Crippen LogP contribution >= 0.6 is 11.6 Å². The number of nitro groups is 1. The van der Waals surface area contributed by atoms with Crippen molar-refractivity contribution in [2.24, 2.45) is 5.92 Å². The van der Waals surface area contributed by atoms with E-state index in [0.29, 0.717) is 12.0 Å². The number of nitro benzene ring substituents is 1.